The van der Waals surface area contributed by atoms with E-state index in [1.165, 1.54) is 6.92 Å². The molecular formula is C6H6F2N2. The Hall–Kier alpha value is -1.19. The molecule has 4 heteroatoms. The predicted octanol–water partition coefficient (Wildman–Crippen LogP) is 1.25. The quantitative estimate of drug-likeness (QED) is 0.595. The molecule has 1 aromatic heterocycles. The highest BCUT2D eigenvalue weighted by Gasteiger charge is 2.07. The fourth-order valence-electron chi connectivity index (χ4n) is 0.571. The number of halogens is 2. The van der Waals surface area contributed by atoms with Crippen LogP contribution in [0.5, 0.6) is 0 Å². The molecule has 0 saturated heterocycles. The zero-order valence-corrected chi connectivity index (χ0v) is 5.36. The highest BCUT2D eigenvalue weighted by atomic mass is 19.2. The van der Waals surface area contributed by atoms with Crippen molar-refractivity contribution < 1.29 is 8.78 Å². The third kappa shape index (κ3) is 0.920. The van der Waals surface area contributed by atoms with Gasteiger partial charge < -0.3 is 5.73 Å². The lowest BCUT2D eigenvalue weighted by molar-refractivity contribution is 0.499. The molecule has 0 aliphatic carbocycles. The second-order valence-electron chi connectivity index (χ2n) is 1.93. The van der Waals surface area contributed by atoms with Gasteiger partial charge in [-0.25, -0.2) is 13.8 Å². The van der Waals surface area contributed by atoms with Crippen molar-refractivity contribution in [2.75, 3.05) is 5.73 Å². The van der Waals surface area contributed by atoms with Gasteiger partial charge >= 0.3 is 0 Å². The number of hydrogen-bond donors (Lipinski definition) is 1. The molecule has 0 atom stereocenters. The first-order chi connectivity index (χ1) is 4.63. The third-order valence-corrected chi connectivity index (χ3v) is 1.24. The number of hydrogen-bond acceptors (Lipinski definition) is 2. The number of nitrogen functional groups attached to an aromatic ring is 1. The van der Waals surface area contributed by atoms with Gasteiger partial charge in [0.15, 0.2) is 11.6 Å². The SMILES string of the molecule is Cc1c(N)ncc(F)c1F. The molecule has 0 aliphatic heterocycles. The molecule has 54 valence electrons. The first kappa shape index (κ1) is 6.92. The fourth-order valence-corrected chi connectivity index (χ4v) is 0.571. The molecule has 0 amide bonds. The van der Waals surface area contributed by atoms with Crippen molar-refractivity contribution in [3.05, 3.63) is 23.4 Å². The summed E-state index contributed by atoms with van der Waals surface area (Å²) in [6.45, 7) is 1.38. The summed E-state index contributed by atoms with van der Waals surface area (Å²) < 4.78 is 24.8. The Morgan fingerprint density at radius 3 is 2.60 bits per heavy atom. The summed E-state index contributed by atoms with van der Waals surface area (Å²) in [5, 5.41) is 0. The van der Waals surface area contributed by atoms with Crippen molar-refractivity contribution in [2.45, 2.75) is 6.92 Å². The topological polar surface area (TPSA) is 38.9 Å². The Morgan fingerprint density at radius 1 is 1.50 bits per heavy atom. The molecule has 0 unspecified atom stereocenters. The van der Waals surface area contributed by atoms with Crippen LogP contribution in [-0.2, 0) is 0 Å². The Kier molecular flexibility index (Phi) is 1.53. The van der Waals surface area contributed by atoms with Crippen molar-refractivity contribution in [2.24, 2.45) is 0 Å². The Morgan fingerprint density at radius 2 is 2.10 bits per heavy atom. The Labute approximate surface area is 56.7 Å². The molecule has 0 fully saturated rings. The standard InChI is InChI=1S/C6H6F2N2/c1-3-5(8)4(7)2-10-6(3)9/h2H,1H3,(H2,9,10). The van der Waals surface area contributed by atoms with Crippen LogP contribution < -0.4 is 5.73 Å². The van der Waals surface area contributed by atoms with Crippen LogP contribution in [0.3, 0.4) is 0 Å². The van der Waals surface area contributed by atoms with Crippen LogP contribution in [0.2, 0.25) is 0 Å². The Bertz CT molecular complexity index is 233. The largest absolute Gasteiger partial charge is 0.383 e. The van der Waals surface area contributed by atoms with Crippen molar-refractivity contribution in [1.82, 2.24) is 4.98 Å². The number of anilines is 1. The van der Waals surface area contributed by atoms with Gasteiger partial charge in [0.1, 0.15) is 5.82 Å². The normalized spacial score (nSPS) is 9.90. The molecule has 0 saturated carbocycles. The summed E-state index contributed by atoms with van der Waals surface area (Å²) in [5.41, 5.74) is 5.23. The van der Waals surface area contributed by atoms with E-state index in [9.17, 15) is 8.78 Å². The predicted molar refractivity (Wildman–Crippen MR) is 33.3 cm³/mol. The van der Waals surface area contributed by atoms with E-state index in [1.54, 1.807) is 0 Å². The van der Waals surface area contributed by atoms with Crippen LogP contribution in [0, 0.1) is 18.6 Å². The van der Waals surface area contributed by atoms with E-state index in [2.05, 4.69) is 4.98 Å². The minimum atomic E-state index is -0.966. The molecule has 0 spiro atoms. The minimum absolute atomic E-state index is 0.0268. The lowest BCUT2D eigenvalue weighted by Crippen LogP contribution is -1.99. The summed E-state index contributed by atoms with van der Waals surface area (Å²) in [6, 6.07) is 0. The highest BCUT2D eigenvalue weighted by Crippen LogP contribution is 2.13. The van der Waals surface area contributed by atoms with Gasteiger partial charge in [-0.05, 0) is 6.92 Å². The zero-order valence-electron chi connectivity index (χ0n) is 5.36. The van der Waals surface area contributed by atoms with E-state index in [1.807, 2.05) is 0 Å². The smallest absolute Gasteiger partial charge is 0.177 e. The van der Waals surface area contributed by atoms with Crippen LogP contribution in [0.4, 0.5) is 14.6 Å². The van der Waals surface area contributed by atoms with Gasteiger partial charge in [0.2, 0.25) is 0 Å². The molecule has 2 nitrogen and oxygen atoms in total. The number of aromatic nitrogens is 1. The third-order valence-electron chi connectivity index (χ3n) is 1.24. The summed E-state index contributed by atoms with van der Waals surface area (Å²) in [7, 11) is 0. The van der Waals surface area contributed by atoms with Gasteiger partial charge in [-0.1, -0.05) is 0 Å². The Balaban J connectivity index is 3.34. The van der Waals surface area contributed by atoms with Crippen molar-refractivity contribution in [1.29, 1.82) is 0 Å². The summed E-state index contributed by atoms with van der Waals surface area (Å²) in [5.74, 6) is -1.86. The lowest BCUT2D eigenvalue weighted by atomic mass is 10.3. The van der Waals surface area contributed by atoms with E-state index in [4.69, 9.17) is 5.73 Å². The van der Waals surface area contributed by atoms with Gasteiger partial charge in [-0.3, -0.25) is 0 Å². The molecule has 2 N–H and O–H groups in total. The van der Waals surface area contributed by atoms with Gasteiger partial charge in [0, 0.05) is 5.56 Å². The van der Waals surface area contributed by atoms with E-state index in [-0.39, 0.29) is 11.4 Å². The molecule has 1 rings (SSSR count). The van der Waals surface area contributed by atoms with Crippen LogP contribution in [0.1, 0.15) is 5.56 Å². The first-order valence-corrected chi connectivity index (χ1v) is 2.69. The molecule has 1 aromatic rings. The van der Waals surface area contributed by atoms with Gasteiger partial charge in [-0.15, -0.1) is 0 Å². The highest BCUT2D eigenvalue weighted by molar-refractivity contribution is 5.38. The van der Waals surface area contributed by atoms with E-state index in [0.717, 1.165) is 6.20 Å². The molecule has 0 aromatic carbocycles. The second-order valence-corrected chi connectivity index (χ2v) is 1.93. The second kappa shape index (κ2) is 2.21. The fraction of sp³-hybridized carbons (Fsp3) is 0.167. The molecule has 0 bridgehead atoms. The van der Waals surface area contributed by atoms with Crippen molar-refractivity contribution >= 4 is 5.82 Å². The zero-order chi connectivity index (χ0) is 7.72. The molecular weight excluding hydrogens is 138 g/mol. The van der Waals surface area contributed by atoms with Crippen molar-refractivity contribution in [3.8, 4) is 0 Å². The van der Waals surface area contributed by atoms with E-state index >= 15 is 0 Å². The number of rotatable bonds is 0. The molecule has 10 heavy (non-hydrogen) atoms. The number of pyridine rings is 1. The maximum Gasteiger partial charge on any atom is 0.177 e. The number of nitrogens with zero attached hydrogens (tertiary/aromatic N) is 1. The maximum atomic E-state index is 12.5. The average Bonchev–Trinajstić information content (AvgIpc) is 1.93. The maximum absolute atomic E-state index is 12.5. The summed E-state index contributed by atoms with van der Waals surface area (Å²) >= 11 is 0. The van der Waals surface area contributed by atoms with Crippen LogP contribution in [0.25, 0.3) is 0 Å². The lowest BCUT2D eigenvalue weighted by Gasteiger charge is -1.98. The monoisotopic (exact) mass is 144 g/mol. The van der Waals surface area contributed by atoms with E-state index < -0.39 is 11.6 Å². The van der Waals surface area contributed by atoms with Crippen LogP contribution >= 0.6 is 0 Å². The van der Waals surface area contributed by atoms with Crippen LogP contribution in [0.15, 0.2) is 6.20 Å². The summed E-state index contributed by atoms with van der Waals surface area (Å²) in [6.07, 6.45) is 0.762. The first-order valence-electron chi connectivity index (χ1n) is 2.69. The van der Waals surface area contributed by atoms with Crippen LogP contribution in [-0.4, -0.2) is 4.98 Å². The molecule has 0 aliphatic rings. The molecule has 0 radical (unpaired) electrons. The van der Waals surface area contributed by atoms with Gasteiger partial charge in [0.25, 0.3) is 0 Å². The van der Waals surface area contributed by atoms with Gasteiger partial charge in [-0.2, -0.15) is 0 Å². The number of nitrogens with two attached hydrogens (primary N) is 1. The minimum Gasteiger partial charge on any atom is -0.383 e. The average molecular weight is 144 g/mol. The summed E-state index contributed by atoms with van der Waals surface area (Å²) in [4.78, 5) is 3.40. The molecule has 1 heterocycles. The van der Waals surface area contributed by atoms with Gasteiger partial charge in [0.05, 0.1) is 6.20 Å². The van der Waals surface area contributed by atoms with E-state index in [0.29, 0.717) is 0 Å². The van der Waals surface area contributed by atoms with Crippen molar-refractivity contribution in [3.63, 3.8) is 0 Å².